The van der Waals surface area contributed by atoms with Crippen molar-refractivity contribution in [2.24, 2.45) is 5.16 Å². The molecule has 0 N–H and O–H groups in total. The van der Waals surface area contributed by atoms with E-state index in [9.17, 15) is 0 Å². The van der Waals surface area contributed by atoms with E-state index >= 15 is 0 Å². The second-order valence-corrected chi connectivity index (χ2v) is 5.50. The standard InChI is InChI=1S/C14H26N2O/c1-4-6-12(7-5-2)17-15-13-10-11-8-9-14(13)16(11)3/h11-12,14H,4-10H2,1-3H3/b15-13-. The molecule has 0 aromatic rings. The smallest absolute Gasteiger partial charge is 0.127 e. The van der Waals surface area contributed by atoms with Gasteiger partial charge in [-0.25, -0.2) is 0 Å². The molecule has 0 amide bonds. The topological polar surface area (TPSA) is 24.8 Å². The molecule has 0 aliphatic carbocycles. The Kier molecular flexibility index (Phi) is 4.43. The Morgan fingerprint density at radius 1 is 1.29 bits per heavy atom. The molecule has 0 spiro atoms. The second-order valence-electron chi connectivity index (χ2n) is 5.50. The molecule has 2 saturated heterocycles. The molecule has 2 aliphatic rings. The van der Waals surface area contributed by atoms with Crippen molar-refractivity contribution in [1.29, 1.82) is 0 Å². The van der Waals surface area contributed by atoms with Gasteiger partial charge in [-0.2, -0.15) is 0 Å². The van der Waals surface area contributed by atoms with Crippen molar-refractivity contribution < 1.29 is 4.84 Å². The lowest BCUT2D eigenvalue weighted by Crippen LogP contribution is -2.26. The number of nitrogens with zero attached hydrogens (tertiary/aromatic N) is 2. The van der Waals surface area contributed by atoms with Crippen molar-refractivity contribution in [3.05, 3.63) is 0 Å². The molecule has 2 bridgehead atoms. The summed E-state index contributed by atoms with van der Waals surface area (Å²) in [6.07, 6.45) is 8.71. The van der Waals surface area contributed by atoms with Crippen molar-refractivity contribution in [3.8, 4) is 0 Å². The molecule has 2 fully saturated rings. The lowest BCUT2D eigenvalue weighted by molar-refractivity contribution is 0.0447. The zero-order valence-corrected chi connectivity index (χ0v) is 11.5. The van der Waals surface area contributed by atoms with Gasteiger partial charge in [0.15, 0.2) is 0 Å². The highest BCUT2D eigenvalue weighted by Gasteiger charge is 2.42. The van der Waals surface area contributed by atoms with E-state index in [4.69, 9.17) is 4.84 Å². The van der Waals surface area contributed by atoms with E-state index in [1.165, 1.54) is 31.4 Å². The van der Waals surface area contributed by atoms with Gasteiger partial charge in [-0.3, -0.25) is 4.90 Å². The van der Waals surface area contributed by atoms with E-state index in [1.807, 2.05) is 0 Å². The average molecular weight is 238 g/mol. The van der Waals surface area contributed by atoms with E-state index in [2.05, 4.69) is 31.0 Å². The molecule has 2 aliphatic heterocycles. The normalized spacial score (nSPS) is 30.7. The predicted octanol–water partition coefficient (Wildman–Crippen LogP) is 3.19. The molecule has 0 aromatic heterocycles. The van der Waals surface area contributed by atoms with E-state index in [0.29, 0.717) is 12.1 Å². The third kappa shape index (κ3) is 2.82. The van der Waals surface area contributed by atoms with E-state index in [-0.39, 0.29) is 0 Å². The lowest BCUT2D eigenvalue weighted by Gasteiger charge is -2.16. The van der Waals surface area contributed by atoms with Gasteiger partial charge in [0.2, 0.25) is 0 Å². The molecule has 2 atom stereocenters. The number of rotatable bonds is 6. The Labute approximate surface area is 105 Å². The van der Waals surface area contributed by atoms with E-state index < -0.39 is 0 Å². The molecule has 2 unspecified atom stereocenters. The maximum Gasteiger partial charge on any atom is 0.127 e. The van der Waals surface area contributed by atoms with Gasteiger partial charge >= 0.3 is 0 Å². The highest BCUT2D eigenvalue weighted by molar-refractivity contribution is 5.92. The summed E-state index contributed by atoms with van der Waals surface area (Å²) in [6, 6.07) is 1.31. The molecular formula is C14H26N2O. The van der Waals surface area contributed by atoms with E-state index in [0.717, 1.165) is 25.3 Å². The summed E-state index contributed by atoms with van der Waals surface area (Å²) in [5.74, 6) is 0. The zero-order valence-electron chi connectivity index (χ0n) is 11.5. The highest BCUT2D eigenvalue weighted by Crippen LogP contribution is 2.34. The van der Waals surface area contributed by atoms with Gasteiger partial charge in [-0.1, -0.05) is 31.8 Å². The van der Waals surface area contributed by atoms with Crippen molar-refractivity contribution in [1.82, 2.24) is 4.90 Å². The fraction of sp³-hybridized carbons (Fsp3) is 0.929. The van der Waals surface area contributed by atoms with Crippen molar-refractivity contribution in [2.75, 3.05) is 7.05 Å². The molecule has 0 saturated carbocycles. The third-order valence-electron chi connectivity index (χ3n) is 4.21. The van der Waals surface area contributed by atoms with Crippen LogP contribution in [0.2, 0.25) is 0 Å². The molecule has 3 nitrogen and oxygen atoms in total. The molecule has 2 heterocycles. The molecule has 17 heavy (non-hydrogen) atoms. The van der Waals surface area contributed by atoms with Crippen LogP contribution in [0.5, 0.6) is 0 Å². The van der Waals surface area contributed by atoms with Gasteiger partial charge in [0.25, 0.3) is 0 Å². The van der Waals surface area contributed by atoms with Crippen LogP contribution in [-0.2, 0) is 4.84 Å². The number of oxime groups is 1. The molecule has 3 heteroatoms. The maximum atomic E-state index is 5.77. The van der Waals surface area contributed by atoms with Crippen LogP contribution in [0.25, 0.3) is 0 Å². The minimum absolute atomic E-state index is 0.335. The first-order valence-corrected chi connectivity index (χ1v) is 7.20. The SMILES string of the molecule is CCCC(CCC)O/N=C1/CC2CCC1N2C. The van der Waals surface area contributed by atoms with Crippen LogP contribution in [0, 0.1) is 0 Å². The fourth-order valence-electron chi connectivity index (χ4n) is 3.17. The molecule has 0 aromatic carbocycles. The fourth-order valence-corrected chi connectivity index (χ4v) is 3.17. The summed E-state index contributed by atoms with van der Waals surface area (Å²) in [4.78, 5) is 8.24. The first-order chi connectivity index (χ1) is 8.26. The second kappa shape index (κ2) is 5.85. The van der Waals surface area contributed by atoms with Gasteiger partial charge in [-0.15, -0.1) is 0 Å². The molecular weight excluding hydrogens is 212 g/mol. The summed E-state index contributed by atoms with van der Waals surface area (Å²) >= 11 is 0. The number of fused-ring (bicyclic) bond motifs is 2. The summed E-state index contributed by atoms with van der Waals surface area (Å²) in [6.45, 7) is 4.43. The number of hydrogen-bond donors (Lipinski definition) is 0. The summed E-state index contributed by atoms with van der Waals surface area (Å²) in [5, 5.41) is 4.47. The van der Waals surface area contributed by atoms with Crippen molar-refractivity contribution >= 4 is 5.71 Å². The van der Waals surface area contributed by atoms with Crippen LogP contribution in [0.1, 0.15) is 58.8 Å². The number of hydrogen-bond acceptors (Lipinski definition) is 3. The van der Waals surface area contributed by atoms with Crippen molar-refractivity contribution in [3.63, 3.8) is 0 Å². The predicted molar refractivity (Wildman–Crippen MR) is 71.3 cm³/mol. The Morgan fingerprint density at radius 2 is 2.00 bits per heavy atom. The summed E-state index contributed by atoms with van der Waals surface area (Å²) < 4.78 is 0. The molecule has 0 radical (unpaired) electrons. The Balaban J connectivity index is 1.87. The van der Waals surface area contributed by atoms with Gasteiger partial charge < -0.3 is 4.84 Å². The molecule has 98 valence electrons. The van der Waals surface area contributed by atoms with Gasteiger partial charge in [0, 0.05) is 12.5 Å². The van der Waals surface area contributed by atoms with Gasteiger partial charge in [0.1, 0.15) is 6.10 Å². The lowest BCUT2D eigenvalue weighted by atomic mass is 9.99. The van der Waals surface area contributed by atoms with Crippen LogP contribution in [0.3, 0.4) is 0 Å². The van der Waals surface area contributed by atoms with Crippen LogP contribution in [-0.4, -0.2) is 35.8 Å². The first kappa shape index (κ1) is 12.9. The van der Waals surface area contributed by atoms with Crippen LogP contribution >= 0.6 is 0 Å². The van der Waals surface area contributed by atoms with Crippen LogP contribution < -0.4 is 0 Å². The summed E-state index contributed by atoms with van der Waals surface area (Å²) in [7, 11) is 2.22. The zero-order chi connectivity index (χ0) is 12.3. The third-order valence-corrected chi connectivity index (χ3v) is 4.21. The average Bonchev–Trinajstić information content (AvgIpc) is 2.82. The van der Waals surface area contributed by atoms with Crippen LogP contribution in [0.4, 0.5) is 0 Å². The highest BCUT2D eigenvalue weighted by atomic mass is 16.6. The van der Waals surface area contributed by atoms with Gasteiger partial charge in [-0.05, 0) is 32.7 Å². The summed E-state index contributed by atoms with van der Waals surface area (Å²) in [5.41, 5.74) is 1.29. The Bertz CT molecular complexity index is 271. The monoisotopic (exact) mass is 238 g/mol. The van der Waals surface area contributed by atoms with Crippen LogP contribution in [0.15, 0.2) is 5.16 Å². The Hall–Kier alpha value is -0.570. The van der Waals surface area contributed by atoms with Gasteiger partial charge in [0.05, 0.1) is 11.8 Å². The minimum atomic E-state index is 0.335. The maximum absolute atomic E-state index is 5.77. The first-order valence-electron chi connectivity index (χ1n) is 7.20. The minimum Gasteiger partial charge on any atom is -0.393 e. The quantitative estimate of drug-likeness (QED) is 0.664. The Morgan fingerprint density at radius 3 is 2.47 bits per heavy atom. The van der Waals surface area contributed by atoms with E-state index in [1.54, 1.807) is 0 Å². The molecule has 2 rings (SSSR count). The largest absolute Gasteiger partial charge is 0.393 e. The van der Waals surface area contributed by atoms with Crippen molar-refractivity contribution in [2.45, 2.75) is 77.0 Å².